The highest BCUT2D eigenvalue weighted by Gasteiger charge is 2.00. The molecule has 0 spiro atoms. The lowest BCUT2D eigenvalue weighted by Crippen LogP contribution is -2.37. The Balaban J connectivity index is 2.64. The summed E-state index contributed by atoms with van der Waals surface area (Å²) in [5.74, 6) is -0.278. The van der Waals surface area contributed by atoms with E-state index < -0.39 is 0 Å². The number of nitrogens with one attached hydrogen (secondary N) is 2. The second-order valence-electron chi connectivity index (χ2n) is 3.95. The maximum absolute atomic E-state index is 13.0. The van der Waals surface area contributed by atoms with E-state index in [9.17, 15) is 4.39 Å². The van der Waals surface area contributed by atoms with E-state index in [-0.39, 0.29) is 11.9 Å². The molecule has 0 radical (unpaired) electrons. The largest absolute Gasteiger partial charge is 0.359 e. The van der Waals surface area contributed by atoms with Gasteiger partial charge in [0.05, 0.1) is 5.71 Å². The summed E-state index contributed by atoms with van der Waals surface area (Å²) in [6.07, 6.45) is 0. The summed E-state index contributed by atoms with van der Waals surface area (Å²) < 4.78 is 13.0. The van der Waals surface area contributed by atoms with Crippen molar-refractivity contribution in [3.05, 3.63) is 35.6 Å². The number of nitrogens with zero attached hydrogens (tertiary/aromatic N) is 1. The van der Waals surface area contributed by atoms with E-state index in [2.05, 4.69) is 15.8 Å². The predicted molar refractivity (Wildman–Crippen MR) is 72.6 cm³/mol. The molecule has 0 aliphatic rings. The first kappa shape index (κ1) is 13.6. The van der Waals surface area contributed by atoms with Crippen LogP contribution in [0.15, 0.2) is 29.4 Å². The number of hydrogen-bond acceptors (Lipinski definition) is 2. The van der Waals surface area contributed by atoms with E-state index >= 15 is 0 Å². The summed E-state index contributed by atoms with van der Waals surface area (Å²) >= 11 is 5.02. The average Bonchev–Trinajstić information content (AvgIpc) is 2.25. The summed E-state index contributed by atoms with van der Waals surface area (Å²) in [7, 11) is 0. The smallest absolute Gasteiger partial charge is 0.187 e. The van der Waals surface area contributed by atoms with Crippen molar-refractivity contribution in [2.45, 2.75) is 26.8 Å². The standard InChI is InChI=1S/C12H16FN3S/c1-8(2)14-12(17)16-15-9(3)10-5-4-6-11(13)7-10/h4-8H,1-3H3,(H2,14,16,17)/b15-9+. The van der Waals surface area contributed by atoms with E-state index in [1.165, 1.54) is 12.1 Å². The van der Waals surface area contributed by atoms with Gasteiger partial charge in [0.2, 0.25) is 0 Å². The fourth-order valence-electron chi connectivity index (χ4n) is 1.21. The highest BCUT2D eigenvalue weighted by Crippen LogP contribution is 2.04. The lowest BCUT2D eigenvalue weighted by atomic mass is 10.1. The SMILES string of the molecule is C/C(=N\NC(=S)NC(C)C)c1cccc(F)c1. The molecule has 1 aromatic rings. The quantitative estimate of drug-likeness (QED) is 0.493. The van der Waals surface area contributed by atoms with E-state index in [0.29, 0.717) is 10.8 Å². The second kappa shape index (κ2) is 6.30. The van der Waals surface area contributed by atoms with Crippen LogP contribution in [0.5, 0.6) is 0 Å². The molecular weight excluding hydrogens is 237 g/mol. The maximum Gasteiger partial charge on any atom is 0.187 e. The zero-order valence-electron chi connectivity index (χ0n) is 10.1. The third kappa shape index (κ3) is 4.91. The van der Waals surface area contributed by atoms with Crippen LogP contribution in [0.3, 0.4) is 0 Å². The molecular formula is C12H16FN3S. The molecule has 92 valence electrons. The molecule has 0 saturated heterocycles. The zero-order valence-corrected chi connectivity index (χ0v) is 10.9. The Bertz CT molecular complexity index is 430. The van der Waals surface area contributed by atoms with Gasteiger partial charge in [-0.15, -0.1) is 0 Å². The van der Waals surface area contributed by atoms with E-state index in [4.69, 9.17) is 12.2 Å². The molecule has 3 nitrogen and oxygen atoms in total. The third-order valence-electron chi connectivity index (χ3n) is 1.99. The second-order valence-corrected chi connectivity index (χ2v) is 4.36. The molecule has 0 amide bonds. The molecule has 0 aliphatic heterocycles. The molecule has 1 aromatic carbocycles. The summed E-state index contributed by atoms with van der Waals surface area (Å²) in [6.45, 7) is 5.76. The minimum absolute atomic E-state index is 0.250. The van der Waals surface area contributed by atoms with Crippen molar-refractivity contribution in [3.63, 3.8) is 0 Å². The Kier molecular flexibility index (Phi) is 5.03. The normalized spacial score (nSPS) is 11.5. The van der Waals surface area contributed by atoms with Gasteiger partial charge in [-0.05, 0) is 45.1 Å². The van der Waals surface area contributed by atoms with Crippen LogP contribution < -0.4 is 10.7 Å². The van der Waals surface area contributed by atoms with Gasteiger partial charge in [0.1, 0.15) is 5.82 Å². The lowest BCUT2D eigenvalue weighted by molar-refractivity contribution is 0.627. The van der Waals surface area contributed by atoms with E-state index in [1.807, 2.05) is 13.8 Å². The van der Waals surface area contributed by atoms with Gasteiger partial charge in [-0.25, -0.2) is 4.39 Å². The molecule has 1 rings (SSSR count). The van der Waals surface area contributed by atoms with Gasteiger partial charge >= 0.3 is 0 Å². The van der Waals surface area contributed by atoms with Gasteiger partial charge in [0.25, 0.3) is 0 Å². The van der Waals surface area contributed by atoms with Gasteiger partial charge in [-0.2, -0.15) is 5.10 Å². The third-order valence-corrected chi connectivity index (χ3v) is 2.20. The Morgan fingerprint density at radius 1 is 1.41 bits per heavy atom. The maximum atomic E-state index is 13.0. The van der Waals surface area contributed by atoms with Crippen LogP contribution in [0, 0.1) is 5.82 Å². The molecule has 0 unspecified atom stereocenters. The van der Waals surface area contributed by atoms with Crippen molar-refractivity contribution in [2.24, 2.45) is 5.10 Å². The number of rotatable bonds is 3. The van der Waals surface area contributed by atoms with Crippen molar-refractivity contribution >= 4 is 23.0 Å². The molecule has 5 heteroatoms. The molecule has 17 heavy (non-hydrogen) atoms. The Morgan fingerprint density at radius 2 is 2.12 bits per heavy atom. The lowest BCUT2D eigenvalue weighted by Gasteiger charge is -2.10. The molecule has 0 atom stereocenters. The molecule has 0 saturated carbocycles. The van der Waals surface area contributed by atoms with Gasteiger partial charge < -0.3 is 5.32 Å². The number of hydrazone groups is 1. The molecule has 0 bridgehead atoms. The first-order valence-electron chi connectivity index (χ1n) is 5.36. The Hall–Kier alpha value is -1.49. The summed E-state index contributed by atoms with van der Waals surface area (Å²) in [5, 5.41) is 7.54. The molecule has 2 N–H and O–H groups in total. The van der Waals surface area contributed by atoms with Crippen molar-refractivity contribution in [3.8, 4) is 0 Å². The van der Waals surface area contributed by atoms with Crippen LogP contribution in [0.2, 0.25) is 0 Å². The fraction of sp³-hybridized carbons (Fsp3) is 0.333. The van der Waals surface area contributed by atoms with Crippen LogP contribution in [0.1, 0.15) is 26.3 Å². The Labute approximate surface area is 106 Å². The van der Waals surface area contributed by atoms with Gasteiger partial charge in [0, 0.05) is 11.6 Å². The van der Waals surface area contributed by atoms with Gasteiger partial charge in [-0.1, -0.05) is 12.1 Å². The van der Waals surface area contributed by atoms with Crippen molar-refractivity contribution < 1.29 is 4.39 Å². The molecule has 0 aromatic heterocycles. The van der Waals surface area contributed by atoms with Gasteiger partial charge in [-0.3, -0.25) is 5.43 Å². The summed E-state index contributed by atoms with van der Waals surface area (Å²) in [4.78, 5) is 0. The summed E-state index contributed by atoms with van der Waals surface area (Å²) in [6, 6.07) is 6.52. The number of benzene rings is 1. The zero-order chi connectivity index (χ0) is 12.8. The van der Waals surface area contributed by atoms with Crippen LogP contribution in [-0.2, 0) is 0 Å². The van der Waals surface area contributed by atoms with Crippen LogP contribution in [-0.4, -0.2) is 16.9 Å². The van der Waals surface area contributed by atoms with E-state index in [0.717, 1.165) is 5.56 Å². The van der Waals surface area contributed by atoms with Crippen molar-refractivity contribution in [2.75, 3.05) is 0 Å². The minimum Gasteiger partial charge on any atom is -0.359 e. The van der Waals surface area contributed by atoms with Crippen LogP contribution >= 0.6 is 12.2 Å². The van der Waals surface area contributed by atoms with Crippen molar-refractivity contribution in [1.82, 2.24) is 10.7 Å². The number of thiocarbonyl (C=S) groups is 1. The highest BCUT2D eigenvalue weighted by atomic mass is 32.1. The van der Waals surface area contributed by atoms with Crippen LogP contribution in [0.25, 0.3) is 0 Å². The van der Waals surface area contributed by atoms with Crippen molar-refractivity contribution in [1.29, 1.82) is 0 Å². The molecule has 0 heterocycles. The first-order chi connectivity index (χ1) is 7.99. The molecule has 0 aliphatic carbocycles. The first-order valence-corrected chi connectivity index (χ1v) is 5.76. The number of hydrogen-bond donors (Lipinski definition) is 2. The van der Waals surface area contributed by atoms with Gasteiger partial charge in [0.15, 0.2) is 5.11 Å². The van der Waals surface area contributed by atoms with Crippen LogP contribution in [0.4, 0.5) is 4.39 Å². The average molecular weight is 253 g/mol. The highest BCUT2D eigenvalue weighted by molar-refractivity contribution is 7.80. The summed E-state index contributed by atoms with van der Waals surface area (Å²) in [5.41, 5.74) is 4.12. The topological polar surface area (TPSA) is 36.4 Å². The predicted octanol–water partition coefficient (Wildman–Crippen LogP) is 2.42. The monoisotopic (exact) mass is 253 g/mol. The fourth-order valence-corrected chi connectivity index (χ4v) is 1.49. The number of halogens is 1. The molecule has 0 fully saturated rings. The Morgan fingerprint density at radius 3 is 2.71 bits per heavy atom. The van der Waals surface area contributed by atoms with E-state index in [1.54, 1.807) is 19.1 Å². The minimum atomic E-state index is -0.278.